The molecule has 2 aromatic heterocycles. The van der Waals surface area contributed by atoms with E-state index in [2.05, 4.69) is 15.4 Å². The van der Waals surface area contributed by atoms with Crippen LogP contribution >= 0.6 is 0 Å². The molecular weight excluding hydrogens is 280 g/mol. The molecule has 2 aromatic rings. The number of aliphatic hydroxyl groups is 3. The summed E-state index contributed by atoms with van der Waals surface area (Å²) >= 11 is 0. The third kappa shape index (κ3) is 1.98. The molecule has 9 nitrogen and oxygen atoms in total. The highest BCUT2D eigenvalue weighted by Gasteiger charge is 2.53. The van der Waals surface area contributed by atoms with Gasteiger partial charge in [0.15, 0.2) is 11.4 Å². The third-order valence-electron chi connectivity index (χ3n) is 3.77. The van der Waals surface area contributed by atoms with Crippen LogP contribution in [0.25, 0.3) is 11.1 Å². The lowest BCUT2D eigenvalue weighted by Gasteiger charge is -2.25. The van der Waals surface area contributed by atoms with Gasteiger partial charge in [-0.1, -0.05) is 0 Å². The van der Waals surface area contributed by atoms with E-state index in [4.69, 9.17) is 15.0 Å². The molecule has 1 fully saturated rings. The van der Waals surface area contributed by atoms with E-state index in [1.165, 1.54) is 19.5 Å². The molecule has 9 heteroatoms. The Labute approximate surface area is 119 Å². The number of ether oxygens (including phenoxy) is 1. The zero-order valence-electron chi connectivity index (χ0n) is 11.2. The maximum absolute atomic E-state index is 10.5. The SMILES string of the molecule is C[C@@]1(O)[C@H](O)[C@@H](CO)O[C@H]1c1coc2c(NN)ncnc12. The van der Waals surface area contributed by atoms with Crippen molar-refractivity contribution in [3.05, 3.63) is 18.2 Å². The number of anilines is 1. The Kier molecular flexibility index (Phi) is 3.30. The van der Waals surface area contributed by atoms with Gasteiger partial charge in [0.25, 0.3) is 0 Å². The van der Waals surface area contributed by atoms with Gasteiger partial charge in [-0.3, -0.25) is 0 Å². The summed E-state index contributed by atoms with van der Waals surface area (Å²) in [5.74, 6) is 5.64. The van der Waals surface area contributed by atoms with Gasteiger partial charge in [-0.2, -0.15) is 0 Å². The average molecular weight is 296 g/mol. The van der Waals surface area contributed by atoms with Gasteiger partial charge in [0.05, 0.1) is 12.9 Å². The molecule has 0 aliphatic carbocycles. The third-order valence-corrected chi connectivity index (χ3v) is 3.77. The van der Waals surface area contributed by atoms with E-state index < -0.39 is 30.5 Å². The standard InChI is InChI=1S/C12H16N4O5/c1-12(19)9(18)6(2-17)21-10(12)5-3-20-8-7(5)14-4-15-11(8)16-13/h3-4,6,9-10,17-19H,2,13H2,1H3,(H,14,15,16)/t6-,9-,10+,12-/m1/s1. The number of nitrogens with two attached hydrogens (primary N) is 1. The largest absolute Gasteiger partial charge is 0.458 e. The molecular formula is C12H16N4O5. The summed E-state index contributed by atoms with van der Waals surface area (Å²) in [6.45, 7) is 1.02. The fourth-order valence-corrected chi connectivity index (χ4v) is 2.61. The number of furan rings is 1. The molecule has 0 saturated carbocycles. The normalized spacial score (nSPS) is 32.7. The highest BCUT2D eigenvalue weighted by molar-refractivity contribution is 5.86. The van der Waals surface area contributed by atoms with Crippen molar-refractivity contribution in [1.82, 2.24) is 9.97 Å². The van der Waals surface area contributed by atoms with E-state index in [1.54, 1.807) is 0 Å². The van der Waals surface area contributed by atoms with E-state index in [-0.39, 0.29) is 0 Å². The van der Waals surface area contributed by atoms with Crippen LogP contribution in [-0.4, -0.2) is 49.7 Å². The summed E-state index contributed by atoms with van der Waals surface area (Å²) in [4.78, 5) is 8.01. The maximum Gasteiger partial charge on any atom is 0.196 e. The number of hydrogen-bond acceptors (Lipinski definition) is 9. The number of fused-ring (bicyclic) bond motifs is 1. The minimum Gasteiger partial charge on any atom is -0.458 e. The van der Waals surface area contributed by atoms with Crippen molar-refractivity contribution in [2.24, 2.45) is 5.84 Å². The predicted molar refractivity (Wildman–Crippen MR) is 70.9 cm³/mol. The van der Waals surface area contributed by atoms with Crippen LogP contribution in [0.2, 0.25) is 0 Å². The summed E-state index contributed by atoms with van der Waals surface area (Å²) < 4.78 is 10.9. The molecule has 4 atom stereocenters. The Morgan fingerprint density at radius 3 is 2.86 bits per heavy atom. The van der Waals surface area contributed by atoms with Gasteiger partial charge in [-0.25, -0.2) is 15.8 Å². The quantitative estimate of drug-likeness (QED) is 0.357. The lowest BCUT2D eigenvalue weighted by atomic mass is 9.89. The average Bonchev–Trinajstić information content (AvgIpc) is 2.99. The van der Waals surface area contributed by atoms with Crippen LogP contribution < -0.4 is 11.3 Å². The highest BCUT2D eigenvalue weighted by Crippen LogP contribution is 2.44. The molecule has 0 amide bonds. The molecule has 1 saturated heterocycles. The Hall–Kier alpha value is -1.78. The molecule has 6 N–H and O–H groups in total. The molecule has 3 rings (SSSR count). The summed E-state index contributed by atoms with van der Waals surface area (Å²) in [6.07, 6.45) is -0.354. The Morgan fingerprint density at radius 2 is 2.24 bits per heavy atom. The summed E-state index contributed by atoms with van der Waals surface area (Å²) in [7, 11) is 0. The molecule has 3 heterocycles. The van der Waals surface area contributed by atoms with E-state index in [1.807, 2.05) is 0 Å². The number of aliphatic hydroxyl groups excluding tert-OH is 2. The number of rotatable bonds is 3. The second-order valence-electron chi connectivity index (χ2n) is 5.14. The number of hydrazine groups is 1. The van der Waals surface area contributed by atoms with Crippen LogP contribution in [-0.2, 0) is 4.74 Å². The Morgan fingerprint density at radius 1 is 1.48 bits per heavy atom. The van der Waals surface area contributed by atoms with Crippen molar-refractivity contribution in [2.45, 2.75) is 30.8 Å². The van der Waals surface area contributed by atoms with Crippen molar-refractivity contribution >= 4 is 16.9 Å². The van der Waals surface area contributed by atoms with Gasteiger partial charge in [0.1, 0.15) is 35.8 Å². The lowest BCUT2D eigenvalue weighted by molar-refractivity contribution is -0.0643. The van der Waals surface area contributed by atoms with Crippen molar-refractivity contribution in [1.29, 1.82) is 0 Å². The van der Waals surface area contributed by atoms with Gasteiger partial charge >= 0.3 is 0 Å². The van der Waals surface area contributed by atoms with E-state index in [9.17, 15) is 15.3 Å². The molecule has 1 aliphatic heterocycles. The monoisotopic (exact) mass is 296 g/mol. The first-order valence-corrected chi connectivity index (χ1v) is 6.36. The second-order valence-corrected chi connectivity index (χ2v) is 5.14. The van der Waals surface area contributed by atoms with Gasteiger partial charge in [0, 0.05) is 5.56 Å². The molecule has 1 aliphatic rings. The number of hydrogen-bond donors (Lipinski definition) is 5. The number of nitrogen functional groups attached to an aromatic ring is 1. The van der Waals surface area contributed by atoms with Crippen LogP contribution in [0.4, 0.5) is 5.82 Å². The topological polar surface area (TPSA) is 147 Å². The first-order valence-electron chi connectivity index (χ1n) is 6.36. The van der Waals surface area contributed by atoms with Gasteiger partial charge in [-0.05, 0) is 6.92 Å². The van der Waals surface area contributed by atoms with Crippen molar-refractivity contribution in [3.8, 4) is 0 Å². The lowest BCUT2D eigenvalue weighted by Crippen LogP contribution is -2.42. The summed E-state index contributed by atoms with van der Waals surface area (Å²) in [5, 5.41) is 29.7. The summed E-state index contributed by atoms with van der Waals surface area (Å²) in [5.41, 5.74) is 1.97. The zero-order valence-corrected chi connectivity index (χ0v) is 11.2. The second kappa shape index (κ2) is 4.90. The molecule has 21 heavy (non-hydrogen) atoms. The van der Waals surface area contributed by atoms with Gasteiger partial charge in [-0.15, -0.1) is 0 Å². The molecule has 0 radical (unpaired) electrons. The zero-order chi connectivity index (χ0) is 15.2. The fraction of sp³-hybridized carbons (Fsp3) is 0.500. The maximum atomic E-state index is 10.5. The van der Waals surface area contributed by atoms with Gasteiger partial charge in [0.2, 0.25) is 0 Å². The molecule has 0 bridgehead atoms. The van der Waals surface area contributed by atoms with Crippen LogP contribution in [0.3, 0.4) is 0 Å². The highest BCUT2D eigenvalue weighted by atomic mass is 16.6. The Bertz CT molecular complexity index is 658. The van der Waals surface area contributed by atoms with Crippen LogP contribution in [0.5, 0.6) is 0 Å². The predicted octanol–water partition coefficient (Wildman–Crippen LogP) is -0.948. The fourth-order valence-electron chi connectivity index (χ4n) is 2.61. The number of nitrogens with zero attached hydrogens (tertiary/aromatic N) is 2. The van der Waals surface area contributed by atoms with E-state index in [0.29, 0.717) is 22.5 Å². The Balaban J connectivity index is 2.09. The molecule has 0 aromatic carbocycles. The minimum absolute atomic E-state index is 0.295. The minimum atomic E-state index is -1.59. The van der Waals surface area contributed by atoms with Crippen molar-refractivity contribution in [2.75, 3.05) is 12.0 Å². The van der Waals surface area contributed by atoms with E-state index >= 15 is 0 Å². The van der Waals surface area contributed by atoms with Gasteiger partial charge < -0.3 is 29.9 Å². The smallest absolute Gasteiger partial charge is 0.196 e. The first kappa shape index (κ1) is 14.2. The molecule has 0 spiro atoms. The van der Waals surface area contributed by atoms with Crippen LogP contribution in [0.1, 0.15) is 18.6 Å². The molecule has 114 valence electrons. The van der Waals surface area contributed by atoms with Crippen molar-refractivity contribution < 1.29 is 24.5 Å². The number of nitrogens with one attached hydrogen (secondary N) is 1. The number of aromatic nitrogens is 2. The van der Waals surface area contributed by atoms with Crippen LogP contribution in [0, 0.1) is 0 Å². The van der Waals surface area contributed by atoms with Crippen molar-refractivity contribution in [3.63, 3.8) is 0 Å². The van der Waals surface area contributed by atoms with E-state index in [0.717, 1.165) is 0 Å². The first-order chi connectivity index (χ1) is 10.0. The van der Waals surface area contributed by atoms with Crippen LogP contribution in [0.15, 0.2) is 17.0 Å². The summed E-state index contributed by atoms with van der Waals surface area (Å²) in [6, 6.07) is 0. The molecule has 0 unspecified atom stereocenters.